The van der Waals surface area contributed by atoms with Crippen LogP contribution in [0.2, 0.25) is 5.15 Å². The molecule has 1 amide bonds. The monoisotopic (exact) mass is 408 g/mol. The molecule has 0 atom stereocenters. The van der Waals surface area contributed by atoms with Crippen LogP contribution in [0, 0.1) is 13.8 Å². The van der Waals surface area contributed by atoms with Gasteiger partial charge in [-0.1, -0.05) is 54.1 Å². The van der Waals surface area contributed by atoms with Gasteiger partial charge in [-0.2, -0.15) is 5.10 Å². The third-order valence-electron chi connectivity index (χ3n) is 5.39. The zero-order chi connectivity index (χ0) is 20.4. The fourth-order valence-corrected chi connectivity index (χ4v) is 4.12. The highest BCUT2D eigenvalue weighted by atomic mass is 35.5. The molecule has 0 aliphatic carbocycles. The maximum absolute atomic E-state index is 13.2. The highest BCUT2D eigenvalue weighted by molar-refractivity contribution is 6.33. The lowest BCUT2D eigenvalue weighted by Gasteiger charge is -2.36. The first-order chi connectivity index (χ1) is 14.0. The lowest BCUT2D eigenvalue weighted by atomic mass is 10.1. The predicted octanol–water partition coefficient (Wildman–Crippen LogP) is 4.16. The summed E-state index contributed by atoms with van der Waals surface area (Å²) in [7, 11) is 0. The smallest absolute Gasteiger partial charge is 0.259 e. The van der Waals surface area contributed by atoms with Crippen LogP contribution in [0.15, 0.2) is 54.6 Å². The van der Waals surface area contributed by atoms with Gasteiger partial charge in [0, 0.05) is 31.9 Å². The van der Waals surface area contributed by atoms with Crippen LogP contribution in [-0.2, 0) is 6.54 Å². The molecule has 0 N–H and O–H groups in total. The largest absolute Gasteiger partial charge is 0.368 e. The second kappa shape index (κ2) is 8.29. The molecule has 0 saturated carbocycles. The molecule has 1 aliphatic rings. The average molecular weight is 409 g/mol. The minimum Gasteiger partial charge on any atom is -0.368 e. The van der Waals surface area contributed by atoms with Gasteiger partial charge in [-0.25, -0.2) is 4.68 Å². The van der Waals surface area contributed by atoms with E-state index in [2.05, 4.69) is 41.2 Å². The second-order valence-electron chi connectivity index (χ2n) is 7.51. The number of halogens is 1. The topological polar surface area (TPSA) is 41.4 Å². The maximum Gasteiger partial charge on any atom is 0.259 e. The molecule has 0 radical (unpaired) electrons. The molecule has 2 aromatic carbocycles. The first kappa shape index (κ1) is 19.5. The summed E-state index contributed by atoms with van der Waals surface area (Å²) in [4.78, 5) is 17.4. The van der Waals surface area contributed by atoms with Crippen LogP contribution in [0.3, 0.4) is 0 Å². The standard InChI is InChI=1S/C23H25ClN4O/c1-17-7-6-10-20(15-17)26-11-13-27(14-12-26)23(29)21-18(2)25-28(22(21)24)16-19-8-4-3-5-9-19/h3-10,15H,11-14,16H2,1-2H3. The van der Waals surface area contributed by atoms with Gasteiger partial charge in [0.1, 0.15) is 5.15 Å². The van der Waals surface area contributed by atoms with Crippen LogP contribution < -0.4 is 4.90 Å². The van der Waals surface area contributed by atoms with E-state index in [0.29, 0.717) is 36.0 Å². The van der Waals surface area contributed by atoms with Gasteiger partial charge in [-0.05, 0) is 37.1 Å². The number of nitrogens with zero attached hydrogens (tertiary/aromatic N) is 4. The van der Waals surface area contributed by atoms with Gasteiger partial charge >= 0.3 is 0 Å². The van der Waals surface area contributed by atoms with E-state index in [9.17, 15) is 4.79 Å². The number of hydrogen-bond acceptors (Lipinski definition) is 3. The van der Waals surface area contributed by atoms with Gasteiger partial charge in [-0.3, -0.25) is 4.79 Å². The molecular weight excluding hydrogens is 384 g/mol. The minimum atomic E-state index is -0.0318. The fourth-order valence-electron chi connectivity index (χ4n) is 3.81. The number of benzene rings is 2. The van der Waals surface area contributed by atoms with Gasteiger partial charge in [0.25, 0.3) is 5.91 Å². The first-order valence-corrected chi connectivity index (χ1v) is 10.3. The third-order valence-corrected chi connectivity index (χ3v) is 5.77. The van der Waals surface area contributed by atoms with Crippen molar-refractivity contribution in [2.24, 2.45) is 0 Å². The molecule has 6 heteroatoms. The number of anilines is 1. The van der Waals surface area contributed by atoms with Crippen LogP contribution >= 0.6 is 11.6 Å². The summed E-state index contributed by atoms with van der Waals surface area (Å²) >= 11 is 6.58. The van der Waals surface area contributed by atoms with Gasteiger partial charge in [0.2, 0.25) is 0 Å². The van der Waals surface area contributed by atoms with E-state index >= 15 is 0 Å². The summed E-state index contributed by atoms with van der Waals surface area (Å²) < 4.78 is 1.71. The average Bonchev–Trinajstić information content (AvgIpc) is 3.01. The molecule has 1 fully saturated rings. The zero-order valence-electron chi connectivity index (χ0n) is 16.8. The highest BCUT2D eigenvalue weighted by Gasteiger charge is 2.28. The number of piperazine rings is 1. The molecule has 5 nitrogen and oxygen atoms in total. The molecule has 1 aliphatic heterocycles. The summed E-state index contributed by atoms with van der Waals surface area (Å²) in [5, 5.41) is 4.93. The summed E-state index contributed by atoms with van der Waals surface area (Å²) in [6.07, 6.45) is 0. The number of hydrogen-bond donors (Lipinski definition) is 0. The number of aryl methyl sites for hydroxylation is 2. The van der Waals surface area contributed by atoms with Crippen LogP contribution in [0.25, 0.3) is 0 Å². The zero-order valence-corrected chi connectivity index (χ0v) is 17.6. The molecule has 2 heterocycles. The Balaban J connectivity index is 1.46. The Bertz CT molecular complexity index is 1010. The van der Waals surface area contributed by atoms with Crippen molar-refractivity contribution in [1.29, 1.82) is 0 Å². The van der Waals surface area contributed by atoms with Crippen LogP contribution in [0.1, 0.15) is 27.2 Å². The lowest BCUT2D eigenvalue weighted by Crippen LogP contribution is -2.49. The minimum absolute atomic E-state index is 0.0318. The molecule has 4 rings (SSSR count). The van der Waals surface area contributed by atoms with Crippen molar-refractivity contribution in [3.8, 4) is 0 Å². The number of carbonyl (C=O) groups excluding carboxylic acids is 1. The predicted molar refractivity (Wildman–Crippen MR) is 117 cm³/mol. The molecule has 1 aromatic heterocycles. The number of carbonyl (C=O) groups is 1. The molecule has 29 heavy (non-hydrogen) atoms. The number of rotatable bonds is 4. The molecule has 3 aromatic rings. The van der Waals surface area contributed by atoms with Crippen molar-refractivity contribution in [3.05, 3.63) is 82.1 Å². The Labute approximate surface area is 176 Å². The fraction of sp³-hybridized carbons (Fsp3) is 0.304. The van der Waals surface area contributed by atoms with Crippen LogP contribution in [0.5, 0.6) is 0 Å². The molecule has 0 bridgehead atoms. The lowest BCUT2D eigenvalue weighted by molar-refractivity contribution is 0.0746. The van der Waals surface area contributed by atoms with E-state index in [1.165, 1.54) is 11.3 Å². The Kier molecular flexibility index (Phi) is 5.58. The van der Waals surface area contributed by atoms with Gasteiger partial charge < -0.3 is 9.80 Å². The van der Waals surface area contributed by atoms with Crippen molar-refractivity contribution in [1.82, 2.24) is 14.7 Å². The highest BCUT2D eigenvalue weighted by Crippen LogP contribution is 2.24. The van der Waals surface area contributed by atoms with Crippen molar-refractivity contribution in [2.45, 2.75) is 20.4 Å². The third kappa shape index (κ3) is 4.15. The normalized spacial score (nSPS) is 14.3. The number of aromatic nitrogens is 2. The summed E-state index contributed by atoms with van der Waals surface area (Å²) in [6.45, 7) is 7.46. The summed E-state index contributed by atoms with van der Waals surface area (Å²) in [6, 6.07) is 18.5. The second-order valence-corrected chi connectivity index (χ2v) is 7.87. The van der Waals surface area contributed by atoms with E-state index in [1.54, 1.807) is 4.68 Å². The van der Waals surface area contributed by atoms with Crippen molar-refractivity contribution >= 4 is 23.2 Å². The van der Waals surface area contributed by atoms with Crippen molar-refractivity contribution < 1.29 is 4.79 Å². The molecule has 0 unspecified atom stereocenters. The molecule has 150 valence electrons. The van der Waals surface area contributed by atoms with Gasteiger partial charge in [0.15, 0.2) is 0 Å². The van der Waals surface area contributed by atoms with E-state index in [-0.39, 0.29) is 5.91 Å². The van der Waals surface area contributed by atoms with E-state index < -0.39 is 0 Å². The van der Waals surface area contributed by atoms with Gasteiger partial charge in [-0.15, -0.1) is 0 Å². The Morgan fingerprint density at radius 2 is 1.72 bits per heavy atom. The Morgan fingerprint density at radius 3 is 2.41 bits per heavy atom. The first-order valence-electron chi connectivity index (χ1n) is 9.90. The van der Waals surface area contributed by atoms with Crippen LogP contribution in [-0.4, -0.2) is 46.8 Å². The number of amides is 1. The van der Waals surface area contributed by atoms with E-state index in [4.69, 9.17) is 11.6 Å². The Morgan fingerprint density at radius 1 is 1.00 bits per heavy atom. The SMILES string of the molecule is Cc1cccc(N2CCN(C(=O)c3c(C)nn(Cc4ccccc4)c3Cl)CC2)c1. The molecular formula is C23H25ClN4O. The van der Waals surface area contributed by atoms with Crippen LogP contribution in [0.4, 0.5) is 5.69 Å². The van der Waals surface area contributed by atoms with Crippen molar-refractivity contribution in [3.63, 3.8) is 0 Å². The Hall–Kier alpha value is -2.79. The summed E-state index contributed by atoms with van der Waals surface area (Å²) in [5.41, 5.74) is 4.75. The molecule has 0 spiro atoms. The van der Waals surface area contributed by atoms with Gasteiger partial charge in [0.05, 0.1) is 17.8 Å². The molecule has 1 saturated heterocycles. The van der Waals surface area contributed by atoms with E-state index in [0.717, 1.165) is 18.7 Å². The summed E-state index contributed by atoms with van der Waals surface area (Å²) in [5.74, 6) is -0.0318. The quantitative estimate of drug-likeness (QED) is 0.650. The van der Waals surface area contributed by atoms with Crippen molar-refractivity contribution in [2.75, 3.05) is 31.1 Å². The maximum atomic E-state index is 13.2. The van der Waals surface area contributed by atoms with E-state index in [1.807, 2.05) is 42.2 Å².